The van der Waals surface area contributed by atoms with Crippen LogP contribution < -0.4 is 0 Å². The Labute approximate surface area is 131 Å². The van der Waals surface area contributed by atoms with Crippen molar-refractivity contribution in [1.82, 2.24) is 10.2 Å². The Morgan fingerprint density at radius 3 is 2.78 bits per heavy atom. The van der Waals surface area contributed by atoms with Crippen molar-refractivity contribution in [2.24, 2.45) is 0 Å². The van der Waals surface area contributed by atoms with Crippen molar-refractivity contribution in [1.29, 1.82) is 0 Å². The SMILES string of the molecule is Cc1cccc(-c2nnc(COC(=O)c3ccccc3F)o2)c1. The molecule has 3 aromatic rings. The largest absolute Gasteiger partial charge is 0.452 e. The van der Waals surface area contributed by atoms with Crippen LogP contribution in [0.5, 0.6) is 0 Å². The summed E-state index contributed by atoms with van der Waals surface area (Å²) in [5.74, 6) is -0.932. The number of rotatable bonds is 4. The molecular weight excluding hydrogens is 299 g/mol. The summed E-state index contributed by atoms with van der Waals surface area (Å²) in [4.78, 5) is 11.8. The molecule has 1 heterocycles. The molecule has 5 nitrogen and oxygen atoms in total. The van der Waals surface area contributed by atoms with E-state index >= 15 is 0 Å². The number of hydrogen-bond acceptors (Lipinski definition) is 5. The zero-order valence-corrected chi connectivity index (χ0v) is 12.3. The van der Waals surface area contributed by atoms with Crippen molar-refractivity contribution in [3.8, 4) is 11.5 Å². The number of carbonyl (C=O) groups excluding carboxylic acids is 1. The molecule has 0 fully saturated rings. The first-order valence-corrected chi connectivity index (χ1v) is 6.94. The van der Waals surface area contributed by atoms with E-state index in [1.54, 1.807) is 6.07 Å². The third-order valence-electron chi connectivity index (χ3n) is 3.15. The predicted octanol–water partition coefficient (Wildman–Crippen LogP) is 3.54. The molecule has 0 N–H and O–H groups in total. The van der Waals surface area contributed by atoms with Gasteiger partial charge in [0.1, 0.15) is 5.82 Å². The van der Waals surface area contributed by atoms with Crippen LogP contribution in [0, 0.1) is 12.7 Å². The van der Waals surface area contributed by atoms with Gasteiger partial charge in [0, 0.05) is 5.56 Å². The molecule has 23 heavy (non-hydrogen) atoms. The van der Waals surface area contributed by atoms with E-state index in [2.05, 4.69) is 10.2 Å². The molecule has 0 atom stereocenters. The zero-order chi connectivity index (χ0) is 16.2. The summed E-state index contributed by atoms with van der Waals surface area (Å²) >= 11 is 0. The van der Waals surface area contributed by atoms with E-state index in [-0.39, 0.29) is 18.1 Å². The number of hydrogen-bond donors (Lipinski definition) is 0. The van der Waals surface area contributed by atoms with Gasteiger partial charge in [0.25, 0.3) is 5.89 Å². The van der Waals surface area contributed by atoms with Gasteiger partial charge in [-0.1, -0.05) is 29.8 Å². The Bertz CT molecular complexity index is 845. The number of nitrogens with zero attached hydrogens (tertiary/aromatic N) is 2. The van der Waals surface area contributed by atoms with Gasteiger partial charge in [0.15, 0.2) is 6.61 Å². The maximum Gasteiger partial charge on any atom is 0.341 e. The van der Waals surface area contributed by atoms with Crippen LogP contribution in [0.3, 0.4) is 0 Å². The van der Waals surface area contributed by atoms with E-state index in [1.165, 1.54) is 18.2 Å². The molecule has 0 aliphatic heterocycles. The van der Waals surface area contributed by atoms with Crippen LogP contribution >= 0.6 is 0 Å². The number of halogens is 1. The van der Waals surface area contributed by atoms with Gasteiger partial charge in [-0.25, -0.2) is 9.18 Å². The van der Waals surface area contributed by atoms with E-state index < -0.39 is 11.8 Å². The molecule has 0 spiro atoms. The third kappa shape index (κ3) is 3.42. The van der Waals surface area contributed by atoms with E-state index in [0.717, 1.165) is 11.1 Å². The van der Waals surface area contributed by atoms with Gasteiger partial charge < -0.3 is 9.15 Å². The van der Waals surface area contributed by atoms with Crippen LogP contribution in [0.25, 0.3) is 11.5 Å². The second-order valence-corrected chi connectivity index (χ2v) is 4.93. The minimum atomic E-state index is -0.779. The minimum Gasteiger partial charge on any atom is -0.452 e. The lowest BCUT2D eigenvalue weighted by atomic mass is 10.1. The van der Waals surface area contributed by atoms with Crippen LogP contribution in [0.1, 0.15) is 21.8 Å². The molecule has 2 aromatic carbocycles. The first-order valence-electron chi connectivity index (χ1n) is 6.94. The monoisotopic (exact) mass is 312 g/mol. The molecule has 0 saturated heterocycles. The fourth-order valence-corrected chi connectivity index (χ4v) is 2.04. The zero-order valence-electron chi connectivity index (χ0n) is 12.3. The highest BCUT2D eigenvalue weighted by atomic mass is 19.1. The molecule has 1 aromatic heterocycles. The van der Waals surface area contributed by atoms with Crippen LogP contribution in [-0.4, -0.2) is 16.2 Å². The lowest BCUT2D eigenvalue weighted by molar-refractivity contribution is 0.0433. The topological polar surface area (TPSA) is 65.2 Å². The molecule has 0 aliphatic carbocycles. The maximum atomic E-state index is 13.5. The van der Waals surface area contributed by atoms with Gasteiger partial charge in [-0.15, -0.1) is 10.2 Å². The molecule has 6 heteroatoms. The summed E-state index contributed by atoms with van der Waals surface area (Å²) in [5.41, 5.74) is 1.71. The Hall–Kier alpha value is -3.02. The normalized spacial score (nSPS) is 10.5. The van der Waals surface area contributed by atoms with E-state index in [1.807, 2.05) is 31.2 Å². The van der Waals surface area contributed by atoms with Crippen LogP contribution in [0.15, 0.2) is 52.9 Å². The number of aryl methyl sites for hydroxylation is 1. The lowest BCUT2D eigenvalue weighted by Crippen LogP contribution is -2.07. The molecule has 0 bridgehead atoms. The number of benzene rings is 2. The summed E-state index contributed by atoms with van der Waals surface area (Å²) in [6, 6.07) is 13.2. The summed E-state index contributed by atoms with van der Waals surface area (Å²) in [6.07, 6.45) is 0. The number of carbonyl (C=O) groups is 1. The van der Waals surface area contributed by atoms with E-state index in [9.17, 15) is 9.18 Å². The van der Waals surface area contributed by atoms with Gasteiger partial charge >= 0.3 is 5.97 Å². The number of aromatic nitrogens is 2. The molecule has 0 aliphatic rings. The molecule has 0 radical (unpaired) electrons. The standard InChI is InChI=1S/C17H13FN2O3/c1-11-5-4-6-12(9-11)16-20-19-15(23-16)10-22-17(21)13-7-2-3-8-14(13)18/h2-9H,10H2,1H3. The fraction of sp³-hybridized carbons (Fsp3) is 0.118. The van der Waals surface area contributed by atoms with Crippen molar-refractivity contribution in [3.05, 3.63) is 71.4 Å². The van der Waals surface area contributed by atoms with Crippen molar-refractivity contribution in [2.75, 3.05) is 0 Å². The highest BCUT2D eigenvalue weighted by molar-refractivity contribution is 5.89. The van der Waals surface area contributed by atoms with Gasteiger partial charge in [0.05, 0.1) is 5.56 Å². The first-order chi connectivity index (χ1) is 11.1. The molecule has 116 valence electrons. The van der Waals surface area contributed by atoms with Crippen LogP contribution in [0.4, 0.5) is 4.39 Å². The number of ether oxygens (including phenoxy) is 1. The van der Waals surface area contributed by atoms with Gasteiger partial charge in [-0.2, -0.15) is 0 Å². The molecular formula is C17H13FN2O3. The maximum absolute atomic E-state index is 13.5. The average Bonchev–Trinajstić information content (AvgIpc) is 3.02. The Morgan fingerprint density at radius 2 is 2.00 bits per heavy atom. The summed E-state index contributed by atoms with van der Waals surface area (Å²) < 4.78 is 23.9. The predicted molar refractivity (Wildman–Crippen MR) is 80.0 cm³/mol. The van der Waals surface area contributed by atoms with Crippen molar-refractivity contribution < 1.29 is 18.3 Å². The van der Waals surface area contributed by atoms with Gasteiger partial charge in [0.2, 0.25) is 5.89 Å². The van der Waals surface area contributed by atoms with E-state index in [0.29, 0.717) is 5.89 Å². The first kappa shape index (κ1) is 14.9. The molecule has 0 amide bonds. The molecule has 0 unspecified atom stereocenters. The summed E-state index contributed by atoms with van der Waals surface area (Å²) in [5, 5.41) is 7.74. The van der Waals surface area contributed by atoms with Crippen molar-refractivity contribution in [2.45, 2.75) is 13.5 Å². The van der Waals surface area contributed by atoms with Crippen LogP contribution in [-0.2, 0) is 11.3 Å². The average molecular weight is 312 g/mol. The fourth-order valence-electron chi connectivity index (χ4n) is 2.04. The summed E-state index contributed by atoms with van der Waals surface area (Å²) in [7, 11) is 0. The summed E-state index contributed by atoms with van der Waals surface area (Å²) in [6.45, 7) is 1.74. The van der Waals surface area contributed by atoms with Crippen LogP contribution in [0.2, 0.25) is 0 Å². The van der Waals surface area contributed by atoms with Gasteiger partial charge in [-0.3, -0.25) is 0 Å². The number of esters is 1. The Morgan fingerprint density at radius 1 is 1.17 bits per heavy atom. The smallest absolute Gasteiger partial charge is 0.341 e. The Kier molecular flexibility index (Phi) is 4.14. The second-order valence-electron chi connectivity index (χ2n) is 4.93. The van der Waals surface area contributed by atoms with Gasteiger partial charge in [-0.05, 0) is 31.2 Å². The third-order valence-corrected chi connectivity index (χ3v) is 3.15. The van der Waals surface area contributed by atoms with Crippen molar-refractivity contribution >= 4 is 5.97 Å². The molecule has 0 saturated carbocycles. The van der Waals surface area contributed by atoms with Crippen molar-refractivity contribution in [3.63, 3.8) is 0 Å². The minimum absolute atomic E-state index is 0.133. The Balaban J connectivity index is 1.68. The highest BCUT2D eigenvalue weighted by Gasteiger charge is 2.15. The lowest BCUT2D eigenvalue weighted by Gasteiger charge is -2.02. The quantitative estimate of drug-likeness (QED) is 0.689. The molecule has 3 rings (SSSR count). The highest BCUT2D eigenvalue weighted by Crippen LogP contribution is 2.19. The van der Waals surface area contributed by atoms with E-state index in [4.69, 9.17) is 9.15 Å². The second kappa shape index (κ2) is 6.39.